The Balaban J connectivity index is 1.65. The van der Waals surface area contributed by atoms with Gasteiger partial charge in [0, 0.05) is 20.9 Å². The summed E-state index contributed by atoms with van der Waals surface area (Å²) in [6.07, 6.45) is 1.31. The number of ether oxygens (including phenoxy) is 1. The van der Waals surface area contributed by atoms with Crippen LogP contribution in [-0.2, 0) is 4.79 Å². The molecular weight excluding hydrogens is 372 g/mol. The van der Waals surface area contributed by atoms with Crippen molar-refractivity contribution in [2.45, 2.75) is 9.79 Å². The van der Waals surface area contributed by atoms with Gasteiger partial charge in [-0.2, -0.15) is 0 Å². The predicted octanol–water partition coefficient (Wildman–Crippen LogP) is 4.14. The van der Waals surface area contributed by atoms with Crippen LogP contribution in [0.1, 0.15) is 0 Å². The highest BCUT2D eigenvalue weighted by Gasteiger charge is 2.11. The smallest absolute Gasteiger partial charge is 0.379 e. The molecule has 0 saturated carbocycles. The summed E-state index contributed by atoms with van der Waals surface area (Å²) >= 11 is 7.42. The van der Waals surface area contributed by atoms with E-state index < -0.39 is 0 Å². The molecule has 1 heterocycles. The number of amides is 1. The molecule has 7 heteroatoms. The van der Waals surface area contributed by atoms with Crippen LogP contribution < -0.4 is 14.8 Å². The summed E-state index contributed by atoms with van der Waals surface area (Å²) in [4.78, 5) is 14.1. The minimum atomic E-state index is -0.349. The molecule has 1 amide bonds. The molecule has 2 aromatic carbocycles. The third-order valence-corrected chi connectivity index (χ3v) is 4.68. The zero-order valence-electron chi connectivity index (χ0n) is 13.6. The number of nitrogens with one attached hydrogen (secondary N) is 1. The fraction of sp³-hybridized carbons (Fsp3) is 0.0526. The van der Waals surface area contributed by atoms with Gasteiger partial charge in [0.05, 0.1) is 11.8 Å². The highest BCUT2D eigenvalue weighted by Crippen LogP contribution is 2.33. The molecule has 0 spiro atoms. The van der Waals surface area contributed by atoms with Gasteiger partial charge in [-0.05, 0) is 42.5 Å². The van der Waals surface area contributed by atoms with Gasteiger partial charge in [0.25, 0.3) is 5.91 Å². The fourth-order valence-corrected chi connectivity index (χ4v) is 3.17. The van der Waals surface area contributed by atoms with Crippen molar-refractivity contribution in [1.29, 1.82) is 0 Å². The van der Waals surface area contributed by atoms with Crippen molar-refractivity contribution < 1.29 is 14.3 Å². The molecule has 0 saturated heterocycles. The standard InChI is InChI=1S/C19H15ClN2O3S/c20-14-8-10-15(11-9-14)26-17-6-2-1-5-16(17)21-18(23)13-25-19-7-3-4-12-22(19)24/h1-12H,13H2,(H,21,23). The molecule has 0 bridgehead atoms. The second kappa shape index (κ2) is 8.60. The van der Waals surface area contributed by atoms with Crippen molar-refractivity contribution >= 4 is 35.0 Å². The Bertz CT molecular complexity index is 903. The lowest BCUT2D eigenvalue weighted by atomic mass is 10.3. The molecule has 1 aromatic heterocycles. The summed E-state index contributed by atoms with van der Waals surface area (Å²) < 4.78 is 5.83. The van der Waals surface area contributed by atoms with Crippen LogP contribution in [0, 0.1) is 5.21 Å². The Hall–Kier alpha value is -2.70. The van der Waals surface area contributed by atoms with E-state index >= 15 is 0 Å². The van der Waals surface area contributed by atoms with Crippen LogP contribution in [0.2, 0.25) is 5.02 Å². The largest absolute Gasteiger partial charge is 0.616 e. The van der Waals surface area contributed by atoms with E-state index in [4.69, 9.17) is 16.3 Å². The van der Waals surface area contributed by atoms with E-state index in [9.17, 15) is 10.0 Å². The summed E-state index contributed by atoms with van der Waals surface area (Å²) in [6, 6.07) is 19.7. The summed E-state index contributed by atoms with van der Waals surface area (Å²) in [7, 11) is 0. The van der Waals surface area contributed by atoms with Crippen molar-refractivity contribution in [3.63, 3.8) is 0 Å². The zero-order chi connectivity index (χ0) is 18.4. The number of benzene rings is 2. The molecule has 0 unspecified atom stereocenters. The van der Waals surface area contributed by atoms with Crippen LogP contribution >= 0.6 is 23.4 Å². The lowest BCUT2D eigenvalue weighted by Crippen LogP contribution is -2.30. The van der Waals surface area contributed by atoms with Crippen molar-refractivity contribution in [3.8, 4) is 5.88 Å². The van der Waals surface area contributed by atoms with Gasteiger partial charge in [-0.1, -0.05) is 35.5 Å². The number of pyridine rings is 1. The molecule has 0 atom stereocenters. The average molecular weight is 387 g/mol. The number of rotatable bonds is 6. The first-order chi connectivity index (χ1) is 12.6. The molecule has 132 valence electrons. The van der Waals surface area contributed by atoms with E-state index in [1.807, 2.05) is 48.5 Å². The number of halogens is 1. The van der Waals surface area contributed by atoms with Crippen LogP contribution in [-0.4, -0.2) is 12.5 Å². The maximum absolute atomic E-state index is 12.2. The van der Waals surface area contributed by atoms with Gasteiger partial charge in [0.2, 0.25) is 0 Å². The zero-order valence-corrected chi connectivity index (χ0v) is 15.2. The first kappa shape index (κ1) is 18.1. The van der Waals surface area contributed by atoms with E-state index in [2.05, 4.69) is 5.32 Å². The second-order valence-corrected chi connectivity index (χ2v) is 6.81. The van der Waals surface area contributed by atoms with Crippen LogP contribution in [0.25, 0.3) is 0 Å². The lowest BCUT2D eigenvalue weighted by molar-refractivity contribution is -0.612. The molecule has 3 rings (SSSR count). The molecule has 0 fully saturated rings. The quantitative estimate of drug-likeness (QED) is 0.510. The number of hydrogen-bond acceptors (Lipinski definition) is 4. The number of aromatic nitrogens is 1. The van der Waals surface area contributed by atoms with Crippen molar-refractivity contribution in [2.75, 3.05) is 11.9 Å². The molecule has 5 nitrogen and oxygen atoms in total. The number of carbonyl (C=O) groups is 1. The van der Waals surface area contributed by atoms with E-state index in [0.29, 0.717) is 15.4 Å². The lowest BCUT2D eigenvalue weighted by Gasteiger charge is -2.11. The minimum absolute atomic E-state index is 0.0754. The third-order valence-electron chi connectivity index (χ3n) is 3.34. The highest BCUT2D eigenvalue weighted by molar-refractivity contribution is 7.99. The van der Waals surface area contributed by atoms with Crippen LogP contribution in [0.15, 0.2) is 82.7 Å². The number of nitrogens with zero attached hydrogens (tertiary/aromatic N) is 1. The fourth-order valence-electron chi connectivity index (χ4n) is 2.14. The number of para-hydroxylation sites is 1. The van der Waals surface area contributed by atoms with E-state index in [0.717, 1.165) is 9.79 Å². The van der Waals surface area contributed by atoms with E-state index in [1.54, 1.807) is 12.1 Å². The van der Waals surface area contributed by atoms with Gasteiger partial charge >= 0.3 is 5.88 Å². The number of hydrogen-bond donors (Lipinski definition) is 1. The maximum Gasteiger partial charge on any atom is 0.379 e. The summed E-state index contributed by atoms with van der Waals surface area (Å²) in [5.74, 6) is -0.274. The maximum atomic E-state index is 12.2. The van der Waals surface area contributed by atoms with Gasteiger partial charge < -0.3 is 15.3 Å². The normalized spacial score (nSPS) is 10.3. The Kier molecular flexibility index (Phi) is 5.99. The number of anilines is 1. The third kappa shape index (κ3) is 4.91. The monoisotopic (exact) mass is 386 g/mol. The average Bonchev–Trinajstić information content (AvgIpc) is 2.64. The first-order valence-corrected chi connectivity index (χ1v) is 8.94. The molecule has 0 aliphatic carbocycles. The van der Waals surface area contributed by atoms with Gasteiger partial charge in [0.15, 0.2) is 12.8 Å². The molecule has 0 aliphatic heterocycles. The Morgan fingerprint density at radius 3 is 2.58 bits per heavy atom. The Labute approximate surface area is 160 Å². The summed E-state index contributed by atoms with van der Waals surface area (Å²) in [5.41, 5.74) is 0.670. The summed E-state index contributed by atoms with van der Waals surface area (Å²) in [5, 5.41) is 15.0. The van der Waals surface area contributed by atoms with Crippen molar-refractivity contribution in [1.82, 2.24) is 0 Å². The van der Waals surface area contributed by atoms with Crippen molar-refractivity contribution in [3.05, 3.63) is 83.2 Å². The van der Waals surface area contributed by atoms with Crippen LogP contribution in [0.4, 0.5) is 5.69 Å². The molecular formula is C19H15ClN2O3S. The summed E-state index contributed by atoms with van der Waals surface area (Å²) in [6.45, 7) is -0.258. The van der Waals surface area contributed by atoms with Crippen LogP contribution in [0.5, 0.6) is 5.88 Å². The first-order valence-electron chi connectivity index (χ1n) is 7.75. The molecule has 3 aromatic rings. The molecule has 0 aliphatic rings. The number of carbonyl (C=O) groups excluding carboxylic acids is 1. The highest BCUT2D eigenvalue weighted by atomic mass is 35.5. The van der Waals surface area contributed by atoms with Crippen LogP contribution in [0.3, 0.4) is 0 Å². The Morgan fingerprint density at radius 1 is 1.08 bits per heavy atom. The van der Waals surface area contributed by atoms with Gasteiger partial charge in [-0.3, -0.25) is 4.79 Å². The minimum Gasteiger partial charge on any atom is -0.616 e. The molecule has 0 radical (unpaired) electrons. The van der Waals surface area contributed by atoms with Gasteiger partial charge in [-0.25, -0.2) is 0 Å². The predicted molar refractivity (Wildman–Crippen MR) is 102 cm³/mol. The van der Waals surface area contributed by atoms with Gasteiger partial charge in [-0.15, -0.1) is 4.73 Å². The van der Waals surface area contributed by atoms with E-state index in [1.165, 1.54) is 24.0 Å². The SMILES string of the molecule is O=C(COc1cccc[n+]1[O-])Nc1ccccc1Sc1ccc(Cl)cc1. The second-order valence-electron chi connectivity index (χ2n) is 5.25. The van der Waals surface area contributed by atoms with Gasteiger partial charge in [0.1, 0.15) is 0 Å². The molecule has 1 N–H and O–H groups in total. The van der Waals surface area contributed by atoms with E-state index in [-0.39, 0.29) is 18.4 Å². The molecule has 26 heavy (non-hydrogen) atoms. The topological polar surface area (TPSA) is 65.3 Å². The Morgan fingerprint density at radius 2 is 1.81 bits per heavy atom. The van der Waals surface area contributed by atoms with Crippen molar-refractivity contribution in [2.24, 2.45) is 0 Å².